The summed E-state index contributed by atoms with van der Waals surface area (Å²) < 4.78 is 18.8. The van der Waals surface area contributed by atoms with Gasteiger partial charge in [0, 0.05) is 16.9 Å². The summed E-state index contributed by atoms with van der Waals surface area (Å²) in [4.78, 5) is 29.0. The third-order valence-electron chi connectivity index (χ3n) is 5.12. The van der Waals surface area contributed by atoms with Gasteiger partial charge in [-0.1, -0.05) is 30.3 Å². The van der Waals surface area contributed by atoms with Crippen molar-refractivity contribution in [2.45, 2.75) is 0 Å². The molecule has 0 bridgehead atoms. The predicted molar refractivity (Wildman–Crippen MR) is 128 cm³/mol. The number of carbonyl (C=O) groups is 1. The number of carbonyl (C=O) groups excluding carboxylic acids is 1. The van der Waals surface area contributed by atoms with Crippen molar-refractivity contribution in [1.29, 1.82) is 0 Å². The van der Waals surface area contributed by atoms with Gasteiger partial charge in [-0.25, -0.2) is 19.3 Å². The smallest absolute Gasteiger partial charge is 0.259 e. The van der Waals surface area contributed by atoms with Crippen LogP contribution in [-0.2, 0) is 0 Å². The topological polar surface area (TPSA) is 105 Å². The number of H-pyrrole nitrogens is 1. The van der Waals surface area contributed by atoms with Crippen LogP contribution >= 0.6 is 0 Å². The molecule has 3 N–H and O–H groups in total. The maximum Gasteiger partial charge on any atom is 0.259 e. The van der Waals surface area contributed by atoms with Crippen molar-refractivity contribution in [3.63, 3.8) is 0 Å². The molecular formula is C25H19FN6O2. The Labute approximate surface area is 193 Å². The SMILES string of the molecule is COc1ccccc1C(=O)Nc1cccc(-c2nc3ncnc(Nc4cccc(F)c4)c3[nH]2)c1. The van der Waals surface area contributed by atoms with Gasteiger partial charge in [-0.05, 0) is 42.5 Å². The molecule has 0 saturated carbocycles. The lowest BCUT2D eigenvalue weighted by Gasteiger charge is -2.09. The number of benzene rings is 3. The fourth-order valence-corrected chi connectivity index (χ4v) is 3.54. The summed E-state index contributed by atoms with van der Waals surface area (Å²) >= 11 is 0. The number of aromatic amines is 1. The minimum atomic E-state index is -0.354. The Morgan fingerprint density at radius 3 is 2.65 bits per heavy atom. The van der Waals surface area contributed by atoms with Crippen molar-refractivity contribution >= 4 is 34.3 Å². The van der Waals surface area contributed by atoms with E-state index in [0.29, 0.717) is 45.5 Å². The van der Waals surface area contributed by atoms with Crippen LogP contribution in [0.25, 0.3) is 22.6 Å². The zero-order valence-corrected chi connectivity index (χ0v) is 18.0. The van der Waals surface area contributed by atoms with E-state index in [-0.39, 0.29) is 11.7 Å². The minimum absolute atomic E-state index is 0.286. The molecule has 0 atom stereocenters. The maximum absolute atomic E-state index is 13.6. The second-order valence-electron chi connectivity index (χ2n) is 7.38. The van der Waals surface area contributed by atoms with Crippen LogP contribution in [0.2, 0.25) is 0 Å². The van der Waals surface area contributed by atoms with Crippen LogP contribution in [0.15, 0.2) is 79.1 Å². The van der Waals surface area contributed by atoms with E-state index >= 15 is 0 Å². The molecule has 9 heteroatoms. The van der Waals surface area contributed by atoms with Crippen LogP contribution in [0.5, 0.6) is 5.75 Å². The molecule has 0 saturated heterocycles. The maximum atomic E-state index is 13.6. The van der Waals surface area contributed by atoms with Crippen molar-refractivity contribution in [3.8, 4) is 17.1 Å². The van der Waals surface area contributed by atoms with Crippen molar-refractivity contribution in [2.24, 2.45) is 0 Å². The molecule has 0 fully saturated rings. The second kappa shape index (κ2) is 8.99. The van der Waals surface area contributed by atoms with Gasteiger partial charge in [0.2, 0.25) is 0 Å². The van der Waals surface area contributed by atoms with E-state index in [2.05, 4.69) is 30.6 Å². The lowest BCUT2D eigenvalue weighted by atomic mass is 10.1. The first-order chi connectivity index (χ1) is 16.6. The highest BCUT2D eigenvalue weighted by atomic mass is 19.1. The Balaban J connectivity index is 1.43. The molecule has 5 rings (SSSR count). The van der Waals surface area contributed by atoms with Gasteiger partial charge in [-0.15, -0.1) is 0 Å². The van der Waals surface area contributed by atoms with Gasteiger partial charge in [-0.2, -0.15) is 0 Å². The summed E-state index contributed by atoms with van der Waals surface area (Å²) in [7, 11) is 1.52. The Kier molecular flexibility index (Phi) is 5.57. The summed E-state index contributed by atoms with van der Waals surface area (Å²) in [5.74, 6) is 0.866. The summed E-state index contributed by atoms with van der Waals surface area (Å²) in [5, 5.41) is 5.98. The molecule has 0 unspecified atom stereocenters. The third-order valence-corrected chi connectivity index (χ3v) is 5.12. The van der Waals surface area contributed by atoms with Gasteiger partial charge >= 0.3 is 0 Å². The number of halogens is 1. The van der Waals surface area contributed by atoms with Gasteiger partial charge in [0.15, 0.2) is 11.5 Å². The number of imidazole rings is 1. The third kappa shape index (κ3) is 4.26. The molecule has 34 heavy (non-hydrogen) atoms. The van der Waals surface area contributed by atoms with Gasteiger partial charge < -0.3 is 20.4 Å². The molecular weight excluding hydrogens is 435 g/mol. The quantitative estimate of drug-likeness (QED) is 0.327. The van der Waals surface area contributed by atoms with E-state index in [1.54, 1.807) is 48.5 Å². The molecule has 8 nitrogen and oxygen atoms in total. The fraction of sp³-hybridized carbons (Fsp3) is 0.0400. The molecule has 0 aliphatic heterocycles. The van der Waals surface area contributed by atoms with E-state index in [0.717, 1.165) is 5.56 Å². The molecule has 0 spiro atoms. The predicted octanol–water partition coefficient (Wildman–Crippen LogP) is 5.16. The number of amides is 1. The lowest BCUT2D eigenvalue weighted by Crippen LogP contribution is -2.13. The molecule has 2 aromatic heterocycles. The number of para-hydroxylation sites is 1. The van der Waals surface area contributed by atoms with Gasteiger partial charge in [0.1, 0.15) is 29.2 Å². The van der Waals surface area contributed by atoms with Crippen molar-refractivity contribution in [3.05, 3.63) is 90.5 Å². The van der Waals surface area contributed by atoms with E-state index in [1.807, 2.05) is 12.1 Å². The number of hydrogen-bond acceptors (Lipinski definition) is 6. The normalized spacial score (nSPS) is 10.8. The number of anilines is 3. The average Bonchev–Trinajstić information content (AvgIpc) is 3.30. The highest BCUT2D eigenvalue weighted by Crippen LogP contribution is 2.27. The molecule has 168 valence electrons. The molecule has 1 amide bonds. The highest BCUT2D eigenvalue weighted by Gasteiger charge is 2.14. The Hall–Kier alpha value is -4.79. The van der Waals surface area contributed by atoms with Crippen LogP contribution < -0.4 is 15.4 Å². The van der Waals surface area contributed by atoms with Crippen molar-refractivity contribution in [1.82, 2.24) is 19.9 Å². The van der Waals surface area contributed by atoms with Crippen LogP contribution in [0, 0.1) is 5.82 Å². The molecule has 5 aromatic rings. The first-order valence-electron chi connectivity index (χ1n) is 10.4. The van der Waals surface area contributed by atoms with E-state index in [1.165, 1.54) is 25.6 Å². The van der Waals surface area contributed by atoms with Crippen molar-refractivity contribution < 1.29 is 13.9 Å². The van der Waals surface area contributed by atoms with E-state index in [4.69, 9.17) is 4.74 Å². The zero-order valence-electron chi connectivity index (χ0n) is 18.0. The summed E-state index contributed by atoms with van der Waals surface area (Å²) in [5.41, 5.74) is 3.35. The number of hydrogen-bond donors (Lipinski definition) is 3. The first-order valence-corrected chi connectivity index (χ1v) is 10.4. The fourth-order valence-electron chi connectivity index (χ4n) is 3.54. The van der Waals surface area contributed by atoms with Crippen molar-refractivity contribution in [2.75, 3.05) is 17.7 Å². The minimum Gasteiger partial charge on any atom is -0.496 e. The summed E-state index contributed by atoms with van der Waals surface area (Å²) in [6.45, 7) is 0. The van der Waals surface area contributed by atoms with E-state index < -0.39 is 0 Å². The monoisotopic (exact) mass is 454 g/mol. The Morgan fingerprint density at radius 2 is 1.79 bits per heavy atom. The molecule has 0 aliphatic rings. The Bertz CT molecular complexity index is 1500. The molecule has 3 aromatic carbocycles. The second-order valence-corrected chi connectivity index (χ2v) is 7.38. The average molecular weight is 454 g/mol. The number of aromatic nitrogens is 4. The molecule has 0 radical (unpaired) electrons. The van der Waals surface area contributed by atoms with Gasteiger partial charge in [0.05, 0.1) is 12.7 Å². The molecule has 0 aliphatic carbocycles. The van der Waals surface area contributed by atoms with Crippen LogP contribution in [0.4, 0.5) is 21.6 Å². The number of nitrogens with zero attached hydrogens (tertiary/aromatic N) is 3. The van der Waals surface area contributed by atoms with Gasteiger partial charge in [0.25, 0.3) is 5.91 Å². The number of ether oxygens (including phenoxy) is 1. The zero-order chi connectivity index (χ0) is 23.5. The largest absolute Gasteiger partial charge is 0.496 e. The van der Waals surface area contributed by atoms with Crippen LogP contribution in [0.1, 0.15) is 10.4 Å². The summed E-state index contributed by atoms with van der Waals surface area (Å²) in [6, 6.07) is 20.4. The van der Waals surface area contributed by atoms with Crippen LogP contribution in [-0.4, -0.2) is 33.0 Å². The number of rotatable bonds is 6. The van der Waals surface area contributed by atoms with Gasteiger partial charge in [-0.3, -0.25) is 4.79 Å². The number of fused-ring (bicyclic) bond motifs is 1. The lowest BCUT2D eigenvalue weighted by molar-refractivity contribution is 0.102. The van der Waals surface area contributed by atoms with E-state index in [9.17, 15) is 9.18 Å². The first kappa shape index (κ1) is 21.1. The highest BCUT2D eigenvalue weighted by molar-refractivity contribution is 6.06. The standard InChI is InChI=1S/C25H19FN6O2/c1-34-20-11-3-2-10-19(20)25(33)30-17-8-4-6-15(12-17)22-31-21-23(27-14-28-24(21)32-22)29-18-9-5-7-16(26)13-18/h2-14H,1H3,(H,30,33)(H2,27,28,29,31,32). The number of nitrogens with one attached hydrogen (secondary N) is 3. The number of methoxy groups -OCH3 is 1. The molecule has 2 heterocycles. The summed E-state index contributed by atoms with van der Waals surface area (Å²) in [6.07, 6.45) is 1.39. The Morgan fingerprint density at radius 1 is 0.971 bits per heavy atom. The van der Waals surface area contributed by atoms with Crippen LogP contribution in [0.3, 0.4) is 0 Å².